The zero-order chi connectivity index (χ0) is 12.2. The SMILES string of the molecule is c1n[nH]c(C2CCCN(CC3CCNCC3)C2)n1. The first-order valence-electron chi connectivity index (χ1n) is 7.20. The average Bonchev–Trinajstić information content (AvgIpc) is 2.94. The maximum absolute atomic E-state index is 4.32. The van der Waals surface area contributed by atoms with Crippen molar-refractivity contribution in [3.63, 3.8) is 0 Å². The molecule has 18 heavy (non-hydrogen) atoms. The molecule has 3 rings (SSSR count). The summed E-state index contributed by atoms with van der Waals surface area (Å²) in [5, 5.41) is 10.4. The van der Waals surface area contributed by atoms with E-state index in [2.05, 4.69) is 25.4 Å². The van der Waals surface area contributed by atoms with Crippen molar-refractivity contribution in [2.45, 2.75) is 31.6 Å². The van der Waals surface area contributed by atoms with E-state index in [1.165, 1.54) is 51.9 Å². The van der Waals surface area contributed by atoms with Crippen molar-refractivity contribution >= 4 is 0 Å². The Morgan fingerprint density at radius 1 is 1.28 bits per heavy atom. The Hall–Kier alpha value is -0.940. The Bertz CT molecular complexity index is 344. The number of piperidine rings is 2. The smallest absolute Gasteiger partial charge is 0.137 e. The number of aromatic amines is 1. The molecule has 0 aliphatic carbocycles. The van der Waals surface area contributed by atoms with Crippen LogP contribution in [0, 0.1) is 5.92 Å². The second-order valence-corrected chi connectivity index (χ2v) is 5.66. The third-order valence-corrected chi connectivity index (χ3v) is 4.30. The van der Waals surface area contributed by atoms with Crippen LogP contribution in [0.3, 0.4) is 0 Å². The predicted octanol–water partition coefficient (Wildman–Crippen LogP) is 0.984. The van der Waals surface area contributed by atoms with E-state index in [0.717, 1.165) is 18.3 Å². The van der Waals surface area contributed by atoms with Crippen LogP contribution in [0.4, 0.5) is 0 Å². The lowest BCUT2D eigenvalue weighted by molar-refractivity contribution is 0.161. The van der Waals surface area contributed by atoms with Gasteiger partial charge in [-0.3, -0.25) is 5.10 Å². The van der Waals surface area contributed by atoms with Gasteiger partial charge in [0, 0.05) is 19.0 Å². The molecule has 1 aromatic heterocycles. The second-order valence-electron chi connectivity index (χ2n) is 5.66. The van der Waals surface area contributed by atoms with Crippen LogP contribution in [0.2, 0.25) is 0 Å². The van der Waals surface area contributed by atoms with E-state index in [1.54, 1.807) is 6.33 Å². The molecule has 0 radical (unpaired) electrons. The molecule has 1 atom stereocenters. The molecule has 0 saturated carbocycles. The van der Waals surface area contributed by atoms with E-state index in [0.29, 0.717) is 5.92 Å². The van der Waals surface area contributed by atoms with Crippen molar-refractivity contribution < 1.29 is 0 Å². The molecule has 0 spiro atoms. The molecule has 3 heterocycles. The number of hydrogen-bond donors (Lipinski definition) is 2. The zero-order valence-electron chi connectivity index (χ0n) is 10.9. The Labute approximate surface area is 108 Å². The van der Waals surface area contributed by atoms with Gasteiger partial charge < -0.3 is 10.2 Å². The van der Waals surface area contributed by atoms with Gasteiger partial charge in [0.15, 0.2) is 0 Å². The molecule has 5 heteroatoms. The molecular formula is C13H23N5. The maximum Gasteiger partial charge on any atom is 0.137 e. The summed E-state index contributed by atoms with van der Waals surface area (Å²) in [5.74, 6) is 2.52. The molecule has 100 valence electrons. The summed E-state index contributed by atoms with van der Waals surface area (Å²) in [6.07, 6.45) is 6.84. The molecule has 2 fully saturated rings. The summed E-state index contributed by atoms with van der Waals surface area (Å²) in [7, 11) is 0. The maximum atomic E-state index is 4.32. The van der Waals surface area contributed by atoms with E-state index in [-0.39, 0.29) is 0 Å². The molecule has 0 amide bonds. The summed E-state index contributed by atoms with van der Waals surface area (Å²) in [6.45, 7) is 6.08. The van der Waals surface area contributed by atoms with E-state index in [9.17, 15) is 0 Å². The molecule has 2 saturated heterocycles. The third-order valence-electron chi connectivity index (χ3n) is 4.30. The number of aromatic nitrogens is 3. The minimum absolute atomic E-state index is 0.558. The fourth-order valence-corrected chi connectivity index (χ4v) is 3.29. The number of hydrogen-bond acceptors (Lipinski definition) is 4. The van der Waals surface area contributed by atoms with Gasteiger partial charge >= 0.3 is 0 Å². The van der Waals surface area contributed by atoms with Crippen LogP contribution < -0.4 is 5.32 Å². The van der Waals surface area contributed by atoms with E-state index in [1.807, 2.05) is 0 Å². The van der Waals surface area contributed by atoms with Crippen LogP contribution in [-0.2, 0) is 0 Å². The van der Waals surface area contributed by atoms with Crippen molar-refractivity contribution in [1.29, 1.82) is 0 Å². The minimum atomic E-state index is 0.558. The highest BCUT2D eigenvalue weighted by atomic mass is 15.2. The van der Waals surface area contributed by atoms with E-state index < -0.39 is 0 Å². The Morgan fingerprint density at radius 2 is 2.17 bits per heavy atom. The van der Waals surface area contributed by atoms with Crippen LogP contribution >= 0.6 is 0 Å². The lowest BCUT2D eigenvalue weighted by Crippen LogP contribution is -2.40. The second kappa shape index (κ2) is 5.80. The lowest BCUT2D eigenvalue weighted by atomic mass is 9.93. The van der Waals surface area contributed by atoms with Crippen molar-refractivity contribution in [3.8, 4) is 0 Å². The van der Waals surface area contributed by atoms with Crippen LogP contribution in [0.1, 0.15) is 37.4 Å². The lowest BCUT2D eigenvalue weighted by Gasteiger charge is -2.35. The van der Waals surface area contributed by atoms with Gasteiger partial charge in [0.1, 0.15) is 12.2 Å². The first-order chi connectivity index (χ1) is 8.92. The van der Waals surface area contributed by atoms with Crippen LogP contribution in [0.15, 0.2) is 6.33 Å². The fourth-order valence-electron chi connectivity index (χ4n) is 3.29. The van der Waals surface area contributed by atoms with Crippen molar-refractivity contribution in [2.75, 3.05) is 32.7 Å². The monoisotopic (exact) mass is 249 g/mol. The van der Waals surface area contributed by atoms with Gasteiger partial charge in [0.2, 0.25) is 0 Å². The first-order valence-corrected chi connectivity index (χ1v) is 7.20. The summed E-state index contributed by atoms with van der Waals surface area (Å²) in [6, 6.07) is 0. The fraction of sp³-hybridized carbons (Fsp3) is 0.846. The van der Waals surface area contributed by atoms with Crippen LogP contribution in [0.5, 0.6) is 0 Å². The molecule has 0 bridgehead atoms. The van der Waals surface area contributed by atoms with Gasteiger partial charge in [0.05, 0.1) is 0 Å². The highest BCUT2D eigenvalue weighted by Crippen LogP contribution is 2.25. The van der Waals surface area contributed by atoms with Gasteiger partial charge in [0.25, 0.3) is 0 Å². The molecule has 2 N–H and O–H groups in total. The minimum Gasteiger partial charge on any atom is -0.317 e. The Kier molecular flexibility index (Phi) is 3.90. The molecule has 0 aromatic carbocycles. The Balaban J connectivity index is 1.53. The normalized spacial score (nSPS) is 27.4. The number of H-pyrrole nitrogens is 1. The van der Waals surface area contributed by atoms with Crippen molar-refractivity contribution in [3.05, 3.63) is 12.2 Å². The van der Waals surface area contributed by atoms with Gasteiger partial charge in [-0.15, -0.1) is 0 Å². The molecule has 2 aliphatic heterocycles. The summed E-state index contributed by atoms with van der Waals surface area (Å²) in [4.78, 5) is 6.95. The van der Waals surface area contributed by atoms with Crippen molar-refractivity contribution in [2.24, 2.45) is 5.92 Å². The van der Waals surface area contributed by atoms with Crippen molar-refractivity contribution in [1.82, 2.24) is 25.4 Å². The molecule has 5 nitrogen and oxygen atoms in total. The average molecular weight is 249 g/mol. The largest absolute Gasteiger partial charge is 0.317 e. The number of nitrogens with zero attached hydrogens (tertiary/aromatic N) is 3. The van der Waals surface area contributed by atoms with Gasteiger partial charge in [-0.25, -0.2) is 4.98 Å². The summed E-state index contributed by atoms with van der Waals surface area (Å²) >= 11 is 0. The highest BCUT2D eigenvalue weighted by molar-refractivity contribution is 4.97. The van der Waals surface area contributed by atoms with Gasteiger partial charge in [-0.1, -0.05) is 0 Å². The zero-order valence-corrected chi connectivity index (χ0v) is 10.9. The third kappa shape index (κ3) is 2.90. The molecule has 2 aliphatic rings. The number of likely N-dealkylation sites (tertiary alicyclic amines) is 1. The topological polar surface area (TPSA) is 56.8 Å². The summed E-state index contributed by atoms with van der Waals surface area (Å²) < 4.78 is 0. The van der Waals surface area contributed by atoms with Gasteiger partial charge in [-0.2, -0.15) is 5.10 Å². The molecule has 1 unspecified atom stereocenters. The Morgan fingerprint density at radius 3 is 2.94 bits per heavy atom. The van der Waals surface area contributed by atoms with Gasteiger partial charge in [-0.05, 0) is 51.2 Å². The van der Waals surface area contributed by atoms with E-state index in [4.69, 9.17) is 0 Å². The van der Waals surface area contributed by atoms with Crippen LogP contribution in [-0.4, -0.2) is 52.8 Å². The highest BCUT2D eigenvalue weighted by Gasteiger charge is 2.25. The molecular weight excluding hydrogens is 226 g/mol. The summed E-state index contributed by atoms with van der Waals surface area (Å²) in [5.41, 5.74) is 0. The first kappa shape index (κ1) is 12.1. The van der Waals surface area contributed by atoms with Crippen LogP contribution in [0.25, 0.3) is 0 Å². The predicted molar refractivity (Wildman–Crippen MR) is 70.4 cm³/mol. The number of nitrogens with one attached hydrogen (secondary N) is 2. The van der Waals surface area contributed by atoms with E-state index >= 15 is 0 Å². The number of rotatable bonds is 3. The quantitative estimate of drug-likeness (QED) is 0.838. The standard InChI is InChI=1S/C13H23N5/c1-2-12(13-15-10-16-17-13)9-18(7-1)8-11-3-5-14-6-4-11/h10-12,14H,1-9H2,(H,15,16,17). The molecule has 1 aromatic rings.